The maximum atomic E-state index is 7.43. The topological polar surface area (TPSA) is 122 Å². The Kier molecular flexibility index (Phi) is 14.3. The molecule has 0 radical (unpaired) electrons. The fraction of sp³-hybridized carbons (Fsp3) is 0.0769. The van der Waals surface area contributed by atoms with Crippen molar-refractivity contribution in [2.75, 3.05) is 0 Å². The van der Waals surface area contributed by atoms with E-state index in [1.807, 2.05) is 246 Å². The Morgan fingerprint density at radius 2 is 0.676 bits per heavy atom. The number of para-hydroxylation sites is 8. The fourth-order valence-corrected chi connectivity index (χ4v) is 23.4. The van der Waals surface area contributed by atoms with Crippen molar-refractivity contribution < 1.29 is 36.2 Å². The van der Waals surface area contributed by atoms with Crippen LogP contribution in [0.4, 0.5) is 0 Å². The zero-order valence-corrected chi connectivity index (χ0v) is 41.8. The van der Waals surface area contributed by atoms with Gasteiger partial charge in [-0.15, -0.1) is 0 Å². The van der Waals surface area contributed by atoms with Crippen LogP contribution in [-0.2, 0) is 0 Å². The second-order valence-electron chi connectivity index (χ2n) is 15.9. The molecule has 0 amide bonds. The van der Waals surface area contributed by atoms with Gasteiger partial charge in [0.15, 0.2) is 0 Å². The number of aryl methyl sites for hydroxylation is 4. The average Bonchev–Trinajstić information content (AvgIpc) is 3.33. The Morgan fingerprint density at radius 1 is 0.324 bits per heavy atom. The Labute approximate surface area is 399 Å². The van der Waals surface area contributed by atoms with E-state index in [0.29, 0.717) is 46.0 Å². The minimum absolute atomic E-state index is 0.434. The number of hydrogen-bond acceptors (Lipinski definition) is 12. The van der Waals surface area contributed by atoms with Crippen LogP contribution in [0, 0.1) is 27.7 Å². The SMILES string of the molecule is Cc1ccccc1OP1(Oc2ccccc2)=N[PH](Oc2ccccc2)(Oc2ccccc2C)N[PH](Oc2ccccc2)(Oc2ccccc2C)N[PH](Oc2ccccc2)(Oc2ccccc2C)N1. The van der Waals surface area contributed by atoms with Crippen molar-refractivity contribution in [3.63, 3.8) is 0 Å². The van der Waals surface area contributed by atoms with Gasteiger partial charge in [-0.2, -0.15) is 0 Å². The van der Waals surface area contributed by atoms with Gasteiger partial charge < -0.3 is 0 Å². The van der Waals surface area contributed by atoms with Crippen LogP contribution in [0.15, 0.2) is 223 Å². The van der Waals surface area contributed by atoms with Crippen LogP contribution >= 0.6 is 31.7 Å². The molecule has 9 rings (SSSR count). The molecule has 0 saturated heterocycles. The molecule has 1 heterocycles. The van der Waals surface area contributed by atoms with E-state index in [4.69, 9.17) is 40.7 Å². The van der Waals surface area contributed by atoms with Crippen molar-refractivity contribution in [1.82, 2.24) is 14.6 Å². The van der Waals surface area contributed by atoms with Gasteiger partial charge in [-0.05, 0) is 0 Å². The Balaban J connectivity index is 1.43. The minimum atomic E-state index is -4.68. The number of nitrogens with zero attached hydrogens (tertiary/aromatic N) is 1. The van der Waals surface area contributed by atoms with Gasteiger partial charge in [-0.25, -0.2) is 0 Å². The molecule has 0 spiro atoms. The van der Waals surface area contributed by atoms with Crippen LogP contribution in [0.5, 0.6) is 46.0 Å². The quantitative estimate of drug-likeness (QED) is 0.0802. The van der Waals surface area contributed by atoms with Gasteiger partial charge in [0.1, 0.15) is 0 Å². The van der Waals surface area contributed by atoms with Crippen LogP contribution in [0.3, 0.4) is 0 Å². The third-order valence-corrected chi connectivity index (χ3v) is 24.1. The van der Waals surface area contributed by atoms with E-state index < -0.39 is 31.7 Å². The molecular formula is C52H54N4O8P4. The molecule has 0 aliphatic carbocycles. The first-order chi connectivity index (χ1) is 33.1. The van der Waals surface area contributed by atoms with Crippen LogP contribution in [-0.4, -0.2) is 0 Å². The number of benzene rings is 8. The van der Waals surface area contributed by atoms with Crippen LogP contribution < -0.4 is 50.8 Å². The maximum absolute atomic E-state index is 7.43. The van der Waals surface area contributed by atoms with Crippen LogP contribution in [0.25, 0.3) is 0 Å². The van der Waals surface area contributed by atoms with Crippen molar-refractivity contribution in [2.24, 2.45) is 4.52 Å². The molecule has 350 valence electrons. The van der Waals surface area contributed by atoms with E-state index in [-0.39, 0.29) is 0 Å². The van der Waals surface area contributed by atoms with E-state index >= 15 is 0 Å². The molecule has 1 aliphatic heterocycles. The molecule has 68 heavy (non-hydrogen) atoms. The van der Waals surface area contributed by atoms with Crippen molar-refractivity contribution in [1.29, 1.82) is 0 Å². The van der Waals surface area contributed by atoms with E-state index in [2.05, 4.69) is 14.6 Å². The van der Waals surface area contributed by atoms with Gasteiger partial charge in [-0.1, -0.05) is 0 Å². The molecule has 1 aliphatic rings. The first-order valence-electron chi connectivity index (χ1n) is 22.1. The molecule has 12 nitrogen and oxygen atoms in total. The predicted molar refractivity (Wildman–Crippen MR) is 279 cm³/mol. The van der Waals surface area contributed by atoms with Gasteiger partial charge >= 0.3 is 401 Å². The summed E-state index contributed by atoms with van der Waals surface area (Å²) in [5.74, 6) is 3.77. The summed E-state index contributed by atoms with van der Waals surface area (Å²) < 4.78 is 64.8. The molecular weight excluding hydrogens is 932 g/mol. The second-order valence-corrected chi connectivity index (χ2v) is 25.9. The van der Waals surface area contributed by atoms with Gasteiger partial charge in [0, 0.05) is 0 Å². The second kappa shape index (κ2) is 20.8. The van der Waals surface area contributed by atoms with Gasteiger partial charge in [-0.3, -0.25) is 0 Å². The summed E-state index contributed by atoms with van der Waals surface area (Å²) >= 11 is 0. The van der Waals surface area contributed by atoms with Crippen molar-refractivity contribution in [3.05, 3.63) is 241 Å². The van der Waals surface area contributed by atoms with E-state index in [1.54, 1.807) is 0 Å². The molecule has 0 fully saturated rings. The standard InChI is InChI=1S/C52H54N4O8P4/c1-41-25-17-21-37-49(41)61-65(57-45-29-9-5-10-30-45)53-66(58-46-31-11-6-12-32-46,62-50-38-22-18-26-42(50)2)55-68(60-48-35-15-8-16-36-48,64-52-40-24-20-28-44(52)4)56-67(54-65,59-47-33-13-7-14-34-47)63-51-39-23-19-27-43(51)3/h5-40,53-55,65-67H,1-4H3. The number of nitrogens with one attached hydrogen (secondary N) is 3. The summed E-state index contributed by atoms with van der Waals surface area (Å²) in [6, 6.07) is 68.3. The average molecular weight is 987 g/mol. The molecule has 1 unspecified atom stereocenters. The van der Waals surface area contributed by atoms with Crippen molar-refractivity contribution in [2.45, 2.75) is 27.7 Å². The number of hydrogen-bond donors (Lipinski definition) is 3. The summed E-state index contributed by atoms with van der Waals surface area (Å²) in [6.45, 7) is 7.85. The summed E-state index contributed by atoms with van der Waals surface area (Å²) in [6.07, 6.45) is 0. The third kappa shape index (κ3) is 11.4. The molecule has 16 heteroatoms. The van der Waals surface area contributed by atoms with Crippen LogP contribution in [0.1, 0.15) is 22.3 Å². The van der Waals surface area contributed by atoms with Gasteiger partial charge in [0.05, 0.1) is 0 Å². The van der Waals surface area contributed by atoms with Crippen LogP contribution in [0.2, 0.25) is 0 Å². The van der Waals surface area contributed by atoms with E-state index in [1.165, 1.54) is 0 Å². The van der Waals surface area contributed by atoms with Gasteiger partial charge in [0.25, 0.3) is 0 Å². The van der Waals surface area contributed by atoms with Crippen molar-refractivity contribution >= 4 is 31.7 Å². The van der Waals surface area contributed by atoms with Crippen molar-refractivity contribution in [3.8, 4) is 46.0 Å². The molecule has 0 bridgehead atoms. The molecule has 8 aromatic carbocycles. The Bertz CT molecular complexity index is 3000. The summed E-state index contributed by atoms with van der Waals surface area (Å²) in [5.41, 5.74) is 3.29. The van der Waals surface area contributed by atoms with E-state index in [0.717, 1.165) is 22.3 Å². The first-order valence-corrected chi connectivity index (χ1v) is 29.0. The molecule has 1 atom stereocenters. The third-order valence-electron chi connectivity index (χ3n) is 10.5. The monoisotopic (exact) mass is 986 g/mol. The first kappa shape index (κ1) is 46.7. The van der Waals surface area contributed by atoms with Gasteiger partial charge in [0.2, 0.25) is 0 Å². The summed E-state index contributed by atoms with van der Waals surface area (Å²) in [4.78, 5) is 11.5. The Hall–Kier alpha value is -6.44. The predicted octanol–water partition coefficient (Wildman–Crippen LogP) is 14.8. The molecule has 0 aromatic heterocycles. The van der Waals surface area contributed by atoms with E-state index in [9.17, 15) is 0 Å². The normalized spacial score (nSPS) is 18.3. The summed E-state index contributed by atoms with van der Waals surface area (Å²) in [7, 11) is -18.1. The number of rotatable bonds is 16. The molecule has 8 aromatic rings. The zero-order chi connectivity index (χ0) is 46.9. The molecule has 0 saturated carbocycles. The Morgan fingerprint density at radius 3 is 1.13 bits per heavy atom. The summed E-state index contributed by atoms with van der Waals surface area (Å²) in [5, 5.41) is 0. The molecule has 3 N–H and O–H groups in total. The zero-order valence-electron chi connectivity index (χ0n) is 37.9. The fourth-order valence-electron chi connectivity index (χ4n) is 7.20.